The van der Waals surface area contributed by atoms with Crippen molar-refractivity contribution in [3.63, 3.8) is 0 Å². The Hall–Kier alpha value is -1.21. The molecule has 0 bridgehead atoms. The number of aromatic nitrogens is 2. The zero-order valence-electron chi connectivity index (χ0n) is 14.3. The zero-order chi connectivity index (χ0) is 16.2. The van der Waals surface area contributed by atoms with Gasteiger partial charge in [-0.05, 0) is 17.5 Å². The lowest BCUT2D eigenvalue weighted by Gasteiger charge is -2.36. The van der Waals surface area contributed by atoms with Gasteiger partial charge in [0.15, 0.2) is 0 Å². The molecule has 5 nitrogen and oxygen atoms in total. The van der Waals surface area contributed by atoms with Crippen LogP contribution in [0.3, 0.4) is 0 Å². The van der Waals surface area contributed by atoms with Gasteiger partial charge in [-0.3, -0.25) is 9.78 Å². The van der Waals surface area contributed by atoms with Gasteiger partial charge in [0.1, 0.15) is 5.69 Å². The van der Waals surface area contributed by atoms with Crippen molar-refractivity contribution in [3.05, 3.63) is 46.2 Å². The van der Waals surface area contributed by atoms with Crippen molar-refractivity contribution in [1.82, 2.24) is 20.2 Å². The Balaban J connectivity index is 0.00000156. The van der Waals surface area contributed by atoms with Gasteiger partial charge in [-0.15, -0.1) is 36.2 Å². The van der Waals surface area contributed by atoms with Crippen LogP contribution in [0.4, 0.5) is 0 Å². The summed E-state index contributed by atoms with van der Waals surface area (Å²) in [6.07, 6.45) is 4.51. The third kappa shape index (κ3) is 5.38. The van der Waals surface area contributed by atoms with Crippen molar-refractivity contribution in [3.8, 4) is 0 Å². The fourth-order valence-corrected chi connectivity index (χ4v) is 3.80. The van der Waals surface area contributed by atoms with Crippen molar-refractivity contribution < 1.29 is 4.79 Å². The molecule has 2 aromatic rings. The minimum Gasteiger partial charge on any atom is -0.328 e. The van der Waals surface area contributed by atoms with Crippen molar-refractivity contribution in [2.45, 2.75) is 26.3 Å². The van der Waals surface area contributed by atoms with Gasteiger partial charge in [0.05, 0.1) is 11.0 Å². The maximum Gasteiger partial charge on any atom is 0.273 e. The Morgan fingerprint density at radius 3 is 2.92 bits per heavy atom. The lowest BCUT2D eigenvalue weighted by atomic mass is 10.0. The van der Waals surface area contributed by atoms with E-state index in [2.05, 4.69) is 29.1 Å². The summed E-state index contributed by atoms with van der Waals surface area (Å²) in [5.41, 5.74) is 1.63. The highest BCUT2D eigenvalue weighted by Gasteiger charge is 2.29. The van der Waals surface area contributed by atoms with E-state index in [4.69, 9.17) is 0 Å². The van der Waals surface area contributed by atoms with Crippen LogP contribution in [0, 0.1) is 5.92 Å². The van der Waals surface area contributed by atoms with Crippen LogP contribution in [0.1, 0.15) is 40.9 Å². The summed E-state index contributed by atoms with van der Waals surface area (Å²) >= 11 is 1.58. The Bertz CT molecular complexity index is 666. The van der Waals surface area contributed by atoms with Gasteiger partial charge >= 0.3 is 0 Å². The molecule has 2 aromatic heterocycles. The maximum atomic E-state index is 12.9. The fourth-order valence-electron chi connectivity index (χ4n) is 2.82. The molecule has 0 aliphatic carbocycles. The number of hydrogen-bond donors (Lipinski definition) is 1. The van der Waals surface area contributed by atoms with Crippen molar-refractivity contribution >= 4 is 42.1 Å². The average Bonchev–Trinajstić information content (AvgIpc) is 3.03. The van der Waals surface area contributed by atoms with Crippen LogP contribution >= 0.6 is 36.2 Å². The van der Waals surface area contributed by atoms with E-state index in [0.29, 0.717) is 18.2 Å². The molecule has 1 saturated heterocycles. The topological polar surface area (TPSA) is 58.1 Å². The third-order valence-corrected chi connectivity index (χ3v) is 4.80. The number of nitrogens with one attached hydrogen (secondary N) is 1. The Labute approximate surface area is 165 Å². The van der Waals surface area contributed by atoms with Gasteiger partial charge in [-0.1, -0.05) is 19.9 Å². The van der Waals surface area contributed by atoms with Gasteiger partial charge in [0, 0.05) is 43.8 Å². The molecule has 1 N–H and O–H groups in total. The summed E-state index contributed by atoms with van der Waals surface area (Å²) in [6.45, 7) is 6.58. The van der Waals surface area contributed by atoms with Crippen LogP contribution in [0.15, 0.2) is 29.9 Å². The highest BCUT2D eigenvalue weighted by atomic mass is 35.5. The second kappa shape index (κ2) is 10.1. The number of carbonyl (C=O) groups is 1. The smallest absolute Gasteiger partial charge is 0.273 e. The molecular formula is C17H24Cl2N4OS. The molecule has 0 radical (unpaired) electrons. The molecule has 0 spiro atoms. The van der Waals surface area contributed by atoms with Crippen LogP contribution in [-0.4, -0.2) is 40.4 Å². The van der Waals surface area contributed by atoms with Crippen LogP contribution in [0.25, 0.3) is 0 Å². The van der Waals surface area contributed by atoms with Crippen molar-refractivity contribution in [2.24, 2.45) is 5.92 Å². The predicted octanol–water partition coefficient (Wildman–Crippen LogP) is 3.37. The zero-order valence-corrected chi connectivity index (χ0v) is 16.8. The van der Waals surface area contributed by atoms with E-state index in [1.807, 2.05) is 28.6 Å². The fraction of sp³-hybridized carbons (Fsp3) is 0.471. The predicted molar refractivity (Wildman–Crippen MR) is 106 cm³/mol. The second-order valence-electron chi connectivity index (χ2n) is 6.23. The highest BCUT2D eigenvalue weighted by molar-refractivity contribution is 7.09. The van der Waals surface area contributed by atoms with Crippen LogP contribution in [0.5, 0.6) is 0 Å². The standard InChI is InChI=1S/C17H22N4OS.2ClH/c1-12(2)8-16-20-14(11-23-16)17(22)21-7-6-19-10-15(21)13-4-3-5-18-9-13;;/h3-5,9,11-12,15,19H,6-8,10H2,1-2H3;2*1H. The molecular weight excluding hydrogens is 379 g/mol. The summed E-state index contributed by atoms with van der Waals surface area (Å²) in [4.78, 5) is 23.6. The second-order valence-corrected chi connectivity index (χ2v) is 7.17. The lowest BCUT2D eigenvalue weighted by molar-refractivity contribution is 0.0628. The lowest BCUT2D eigenvalue weighted by Crippen LogP contribution is -2.48. The first-order valence-corrected chi connectivity index (χ1v) is 8.89. The van der Waals surface area contributed by atoms with E-state index >= 15 is 0 Å². The molecule has 1 fully saturated rings. The number of pyridine rings is 1. The summed E-state index contributed by atoms with van der Waals surface area (Å²) in [6, 6.07) is 3.95. The molecule has 3 heterocycles. The van der Waals surface area contributed by atoms with Gasteiger partial charge in [-0.2, -0.15) is 0 Å². The Morgan fingerprint density at radius 2 is 2.24 bits per heavy atom. The summed E-state index contributed by atoms with van der Waals surface area (Å²) in [5.74, 6) is 0.568. The first kappa shape index (κ1) is 21.8. The minimum absolute atomic E-state index is 0. The van der Waals surface area contributed by atoms with E-state index in [1.165, 1.54) is 0 Å². The van der Waals surface area contributed by atoms with Crippen molar-refractivity contribution in [2.75, 3.05) is 19.6 Å². The minimum atomic E-state index is 0. The Kier molecular flexibility index (Phi) is 8.79. The molecule has 0 aromatic carbocycles. The van der Waals surface area contributed by atoms with Gasteiger partial charge < -0.3 is 10.2 Å². The molecule has 1 aliphatic heterocycles. The van der Waals surface area contributed by atoms with E-state index in [-0.39, 0.29) is 36.8 Å². The molecule has 138 valence electrons. The van der Waals surface area contributed by atoms with E-state index in [0.717, 1.165) is 30.1 Å². The van der Waals surface area contributed by atoms with E-state index < -0.39 is 0 Å². The van der Waals surface area contributed by atoms with Gasteiger partial charge in [-0.25, -0.2) is 4.98 Å². The Morgan fingerprint density at radius 1 is 1.44 bits per heavy atom. The van der Waals surface area contributed by atoms with Gasteiger partial charge in [0.2, 0.25) is 0 Å². The summed E-state index contributed by atoms with van der Waals surface area (Å²) in [5, 5.41) is 6.29. The number of halogens is 2. The largest absolute Gasteiger partial charge is 0.328 e. The number of thiazole rings is 1. The maximum absolute atomic E-state index is 12.9. The number of hydrogen-bond acceptors (Lipinski definition) is 5. The van der Waals surface area contributed by atoms with Crippen LogP contribution < -0.4 is 5.32 Å². The molecule has 1 aliphatic rings. The first-order valence-electron chi connectivity index (χ1n) is 8.01. The molecule has 1 unspecified atom stereocenters. The molecule has 8 heteroatoms. The summed E-state index contributed by atoms with van der Waals surface area (Å²) < 4.78 is 0. The monoisotopic (exact) mass is 402 g/mol. The highest BCUT2D eigenvalue weighted by Crippen LogP contribution is 2.24. The molecule has 1 atom stereocenters. The van der Waals surface area contributed by atoms with Gasteiger partial charge in [0.25, 0.3) is 5.91 Å². The van der Waals surface area contributed by atoms with Crippen LogP contribution in [0.2, 0.25) is 0 Å². The number of rotatable bonds is 4. The number of piperazine rings is 1. The average molecular weight is 403 g/mol. The normalized spacial score (nSPS) is 16.9. The SMILES string of the molecule is CC(C)Cc1nc(C(=O)N2CCNCC2c2cccnc2)cs1.Cl.Cl. The van der Waals surface area contributed by atoms with E-state index in [9.17, 15) is 4.79 Å². The quantitative estimate of drug-likeness (QED) is 0.851. The summed E-state index contributed by atoms with van der Waals surface area (Å²) in [7, 11) is 0. The number of carbonyl (C=O) groups excluding carboxylic acids is 1. The third-order valence-electron chi connectivity index (χ3n) is 3.93. The first-order chi connectivity index (χ1) is 11.1. The molecule has 25 heavy (non-hydrogen) atoms. The van der Waals surface area contributed by atoms with Crippen molar-refractivity contribution in [1.29, 1.82) is 0 Å². The number of amides is 1. The van der Waals surface area contributed by atoms with E-state index in [1.54, 1.807) is 17.5 Å². The number of nitrogens with zero attached hydrogens (tertiary/aromatic N) is 3. The van der Waals surface area contributed by atoms with Crippen LogP contribution in [-0.2, 0) is 6.42 Å². The molecule has 0 saturated carbocycles. The molecule has 3 rings (SSSR count). The molecule has 1 amide bonds.